The average Bonchev–Trinajstić information content (AvgIpc) is 2.39. The fourth-order valence-electron chi connectivity index (χ4n) is 1.42. The van der Waals surface area contributed by atoms with E-state index in [0.29, 0.717) is 15.7 Å². The molecule has 0 fully saturated rings. The van der Waals surface area contributed by atoms with Crippen molar-refractivity contribution < 1.29 is 14.6 Å². The van der Waals surface area contributed by atoms with E-state index in [1.54, 1.807) is 43.6 Å². The molecule has 1 heterocycles. The van der Waals surface area contributed by atoms with Crippen LogP contribution in [0.15, 0.2) is 50.9 Å². The standard InChI is InChI=1S/C13H10BrNO3S/c1-18-9-3-5-12(15-7-9)19-11-6-8(14)2-4-10(11)13(16)17/h2-7H,1H3,(H,16,17). The molecule has 0 spiro atoms. The van der Waals surface area contributed by atoms with Crippen molar-refractivity contribution in [2.24, 2.45) is 0 Å². The highest BCUT2D eigenvalue weighted by molar-refractivity contribution is 9.10. The molecule has 1 aromatic carbocycles. The maximum Gasteiger partial charge on any atom is 0.336 e. The van der Waals surface area contributed by atoms with Crippen molar-refractivity contribution in [1.82, 2.24) is 4.98 Å². The van der Waals surface area contributed by atoms with Crippen molar-refractivity contribution >= 4 is 33.7 Å². The molecule has 19 heavy (non-hydrogen) atoms. The Morgan fingerprint density at radius 2 is 2.16 bits per heavy atom. The molecule has 2 aromatic rings. The highest BCUT2D eigenvalue weighted by atomic mass is 79.9. The van der Waals surface area contributed by atoms with Gasteiger partial charge in [0.1, 0.15) is 10.8 Å². The Morgan fingerprint density at radius 3 is 2.74 bits per heavy atom. The summed E-state index contributed by atoms with van der Waals surface area (Å²) in [5, 5.41) is 9.86. The number of methoxy groups -OCH3 is 1. The van der Waals surface area contributed by atoms with Crippen LogP contribution < -0.4 is 4.74 Å². The number of carboxylic acid groups (broad SMARTS) is 1. The van der Waals surface area contributed by atoms with Crippen molar-refractivity contribution in [3.63, 3.8) is 0 Å². The number of benzene rings is 1. The van der Waals surface area contributed by atoms with Crippen LogP contribution in [0.2, 0.25) is 0 Å². The lowest BCUT2D eigenvalue weighted by molar-refractivity contribution is 0.0693. The SMILES string of the molecule is COc1ccc(Sc2cc(Br)ccc2C(=O)O)nc1. The van der Waals surface area contributed by atoms with E-state index in [-0.39, 0.29) is 5.56 Å². The van der Waals surface area contributed by atoms with Crippen LogP contribution in [0.3, 0.4) is 0 Å². The van der Waals surface area contributed by atoms with Crippen molar-refractivity contribution in [1.29, 1.82) is 0 Å². The highest BCUT2D eigenvalue weighted by Gasteiger charge is 2.12. The van der Waals surface area contributed by atoms with E-state index in [0.717, 1.165) is 4.47 Å². The lowest BCUT2D eigenvalue weighted by Crippen LogP contribution is -1.98. The molecular formula is C13H10BrNO3S. The Morgan fingerprint density at radius 1 is 1.37 bits per heavy atom. The second-order valence-electron chi connectivity index (χ2n) is 3.58. The van der Waals surface area contributed by atoms with E-state index in [4.69, 9.17) is 9.84 Å². The molecule has 0 bridgehead atoms. The number of ether oxygens (including phenoxy) is 1. The van der Waals surface area contributed by atoms with Gasteiger partial charge < -0.3 is 9.84 Å². The van der Waals surface area contributed by atoms with Crippen LogP contribution in [-0.2, 0) is 0 Å². The third kappa shape index (κ3) is 3.48. The summed E-state index contributed by atoms with van der Waals surface area (Å²) in [4.78, 5) is 16.0. The predicted octanol–water partition coefficient (Wildman–Crippen LogP) is 3.70. The number of carbonyl (C=O) groups is 1. The number of carboxylic acids is 1. The second-order valence-corrected chi connectivity index (χ2v) is 5.56. The summed E-state index contributed by atoms with van der Waals surface area (Å²) in [6, 6.07) is 8.61. The number of hydrogen-bond acceptors (Lipinski definition) is 4. The van der Waals surface area contributed by atoms with Gasteiger partial charge in [0.05, 0.1) is 18.9 Å². The first-order valence-corrected chi connectivity index (χ1v) is 6.92. The number of nitrogens with zero attached hydrogens (tertiary/aromatic N) is 1. The Labute approximate surface area is 122 Å². The van der Waals surface area contributed by atoms with Crippen LogP contribution in [-0.4, -0.2) is 23.2 Å². The summed E-state index contributed by atoms with van der Waals surface area (Å²) in [5.41, 5.74) is 0.255. The van der Waals surface area contributed by atoms with E-state index in [1.807, 2.05) is 0 Å². The summed E-state index contributed by atoms with van der Waals surface area (Å²) >= 11 is 4.63. The summed E-state index contributed by atoms with van der Waals surface area (Å²) in [5.74, 6) is -0.291. The molecule has 0 saturated carbocycles. The third-order valence-corrected chi connectivity index (χ3v) is 3.84. The molecule has 4 nitrogen and oxygen atoms in total. The van der Waals surface area contributed by atoms with Crippen LogP contribution in [0, 0.1) is 0 Å². The Hall–Kier alpha value is -1.53. The zero-order valence-corrected chi connectivity index (χ0v) is 12.4. The number of aromatic nitrogens is 1. The van der Waals surface area contributed by atoms with Crippen molar-refractivity contribution in [2.75, 3.05) is 7.11 Å². The van der Waals surface area contributed by atoms with E-state index < -0.39 is 5.97 Å². The maximum absolute atomic E-state index is 11.2. The summed E-state index contributed by atoms with van der Waals surface area (Å²) in [6.45, 7) is 0. The van der Waals surface area contributed by atoms with Crippen LogP contribution >= 0.6 is 27.7 Å². The van der Waals surface area contributed by atoms with Gasteiger partial charge in [-0.1, -0.05) is 27.7 Å². The minimum absolute atomic E-state index is 0.255. The Balaban J connectivity index is 2.31. The third-order valence-electron chi connectivity index (χ3n) is 2.33. The first-order chi connectivity index (χ1) is 9.10. The summed E-state index contributed by atoms with van der Waals surface area (Å²) in [6.07, 6.45) is 1.60. The molecule has 6 heteroatoms. The number of rotatable bonds is 4. The average molecular weight is 340 g/mol. The van der Waals surface area contributed by atoms with Gasteiger partial charge in [-0.25, -0.2) is 9.78 Å². The van der Waals surface area contributed by atoms with E-state index in [1.165, 1.54) is 11.8 Å². The number of halogens is 1. The molecule has 0 aliphatic heterocycles. The number of pyridine rings is 1. The van der Waals surface area contributed by atoms with Gasteiger partial charge in [-0.05, 0) is 30.3 Å². The van der Waals surface area contributed by atoms with Gasteiger partial charge in [0.25, 0.3) is 0 Å². The normalized spacial score (nSPS) is 10.2. The lowest BCUT2D eigenvalue weighted by Gasteiger charge is -2.06. The molecule has 1 N–H and O–H groups in total. The van der Waals surface area contributed by atoms with Gasteiger partial charge in [0.15, 0.2) is 0 Å². The second kappa shape index (κ2) is 6.08. The van der Waals surface area contributed by atoms with E-state index in [9.17, 15) is 4.79 Å². The van der Waals surface area contributed by atoms with Crippen LogP contribution in [0.5, 0.6) is 5.75 Å². The first kappa shape index (κ1) is 13.9. The topological polar surface area (TPSA) is 59.4 Å². The molecular weight excluding hydrogens is 330 g/mol. The molecule has 0 saturated heterocycles. The fraction of sp³-hybridized carbons (Fsp3) is 0.0769. The quantitative estimate of drug-likeness (QED) is 0.920. The van der Waals surface area contributed by atoms with Gasteiger partial charge in [-0.2, -0.15) is 0 Å². The molecule has 98 valence electrons. The summed E-state index contributed by atoms with van der Waals surface area (Å²) < 4.78 is 5.85. The fourth-order valence-corrected chi connectivity index (χ4v) is 2.85. The Kier molecular flexibility index (Phi) is 4.44. The predicted molar refractivity (Wildman–Crippen MR) is 76.0 cm³/mol. The molecule has 0 unspecified atom stereocenters. The molecule has 0 aliphatic carbocycles. The minimum atomic E-state index is -0.955. The monoisotopic (exact) mass is 339 g/mol. The maximum atomic E-state index is 11.2. The highest BCUT2D eigenvalue weighted by Crippen LogP contribution is 2.32. The molecule has 2 rings (SSSR count). The molecule has 0 radical (unpaired) electrons. The molecule has 0 amide bonds. The van der Waals surface area contributed by atoms with Gasteiger partial charge >= 0.3 is 5.97 Å². The smallest absolute Gasteiger partial charge is 0.336 e. The molecule has 0 aliphatic rings. The van der Waals surface area contributed by atoms with Gasteiger partial charge in [0.2, 0.25) is 0 Å². The van der Waals surface area contributed by atoms with Crippen LogP contribution in [0.25, 0.3) is 0 Å². The number of aromatic carboxylic acids is 1. The van der Waals surface area contributed by atoms with Gasteiger partial charge in [0, 0.05) is 9.37 Å². The largest absolute Gasteiger partial charge is 0.495 e. The van der Waals surface area contributed by atoms with Crippen molar-refractivity contribution in [3.8, 4) is 5.75 Å². The number of hydrogen-bond donors (Lipinski definition) is 1. The molecule has 0 atom stereocenters. The minimum Gasteiger partial charge on any atom is -0.495 e. The lowest BCUT2D eigenvalue weighted by atomic mass is 10.2. The van der Waals surface area contributed by atoms with Crippen molar-refractivity contribution in [2.45, 2.75) is 9.92 Å². The zero-order valence-electron chi connectivity index (χ0n) is 9.96. The summed E-state index contributed by atoms with van der Waals surface area (Å²) in [7, 11) is 1.57. The van der Waals surface area contributed by atoms with E-state index >= 15 is 0 Å². The first-order valence-electron chi connectivity index (χ1n) is 5.31. The molecule has 1 aromatic heterocycles. The van der Waals surface area contributed by atoms with Crippen LogP contribution in [0.4, 0.5) is 0 Å². The van der Waals surface area contributed by atoms with Gasteiger partial charge in [-0.15, -0.1) is 0 Å². The van der Waals surface area contributed by atoms with Crippen LogP contribution in [0.1, 0.15) is 10.4 Å². The van der Waals surface area contributed by atoms with Gasteiger partial charge in [-0.3, -0.25) is 0 Å². The zero-order chi connectivity index (χ0) is 13.8. The van der Waals surface area contributed by atoms with E-state index in [2.05, 4.69) is 20.9 Å². The Bertz CT molecular complexity index is 601. The van der Waals surface area contributed by atoms with Crippen molar-refractivity contribution in [3.05, 3.63) is 46.6 Å².